The Kier molecular flexibility index (Phi) is 4.04. The molecule has 1 aliphatic heterocycles. The van der Waals surface area contributed by atoms with E-state index in [-0.39, 0.29) is 6.10 Å². The molecule has 2 aromatic carbocycles. The van der Waals surface area contributed by atoms with Gasteiger partial charge in [-0.15, -0.1) is 0 Å². The molecule has 0 fully saturated rings. The molecule has 0 radical (unpaired) electrons. The number of aliphatic hydroxyl groups is 1. The normalized spacial score (nSPS) is 20.5. The van der Waals surface area contributed by atoms with Crippen molar-refractivity contribution in [2.45, 2.75) is 25.6 Å². The molecule has 2 aromatic rings. The Morgan fingerprint density at radius 1 is 1.24 bits per heavy atom. The SMILES string of the molecule is CCOc1ccccc1C1C[C@@H](O)c2cc(Cl)ccc2O1. The molecule has 1 unspecified atom stereocenters. The molecule has 3 rings (SSSR count). The molecule has 0 aliphatic carbocycles. The highest BCUT2D eigenvalue weighted by Crippen LogP contribution is 2.43. The molecule has 0 amide bonds. The van der Waals surface area contributed by atoms with Gasteiger partial charge in [-0.3, -0.25) is 0 Å². The molecule has 1 aliphatic rings. The van der Waals surface area contributed by atoms with Gasteiger partial charge in [-0.1, -0.05) is 29.8 Å². The third-order valence-electron chi connectivity index (χ3n) is 3.60. The standard InChI is InChI=1S/C17H17ClO3/c1-2-20-15-6-4-3-5-12(15)17-10-14(19)13-9-11(18)7-8-16(13)21-17/h3-9,14,17,19H,2,10H2,1H3/t14-,17?/m1/s1. The number of aliphatic hydroxyl groups excluding tert-OH is 1. The lowest BCUT2D eigenvalue weighted by Gasteiger charge is -2.30. The van der Waals surface area contributed by atoms with E-state index < -0.39 is 6.10 Å². The predicted octanol–water partition coefficient (Wildman–Crippen LogP) is 4.30. The van der Waals surface area contributed by atoms with Crippen LogP contribution in [-0.4, -0.2) is 11.7 Å². The third kappa shape index (κ3) is 2.85. The van der Waals surface area contributed by atoms with Gasteiger partial charge in [0.1, 0.15) is 17.6 Å². The number of para-hydroxylation sites is 1. The van der Waals surface area contributed by atoms with Crippen molar-refractivity contribution in [2.75, 3.05) is 6.61 Å². The number of rotatable bonds is 3. The van der Waals surface area contributed by atoms with Crippen molar-refractivity contribution in [1.82, 2.24) is 0 Å². The fraction of sp³-hybridized carbons (Fsp3) is 0.294. The van der Waals surface area contributed by atoms with Gasteiger partial charge in [0.05, 0.1) is 12.7 Å². The van der Waals surface area contributed by atoms with E-state index in [4.69, 9.17) is 21.1 Å². The number of fused-ring (bicyclic) bond motifs is 1. The summed E-state index contributed by atoms with van der Waals surface area (Å²) in [6.45, 7) is 2.54. The number of hydrogen-bond acceptors (Lipinski definition) is 3. The molecule has 0 saturated carbocycles. The monoisotopic (exact) mass is 304 g/mol. The Bertz CT molecular complexity index is 642. The summed E-state index contributed by atoms with van der Waals surface area (Å²) in [7, 11) is 0. The molecule has 3 nitrogen and oxygen atoms in total. The van der Waals surface area contributed by atoms with Crippen LogP contribution >= 0.6 is 11.6 Å². The second-order valence-corrected chi connectivity index (χ2v) is 5.45. The predicted molar refractivity (Wildman–Crippen MR) is 82.0 cm³/mol. The van der Waals surface area contributed by atoms with Gasteiger partial charge in [-0.25, -0.2) is 0 Å². The van der Waals surface area contributed by atoms with Crippen LogP contribution in [-0.2, 0) is 0 Å². The van der Waals surface area contributed by atoms with Crippen LogP contribution in [0.5, 0.6) is 11.5 Å². The number of ether oxygens (including phenoxy) is 2. The molecular weight excluding hydrogens is 288 g/mol. The topological polar surface area (TPSA) is 38.7 Å². The number of benzene rings is 2. The average Bonchev–Trinajstić information content (AvgIpc) is 2.49. The van der Waals surface area contributed by atoms with Gasteiger partial charge in [0.15, 0.2) is 0 Å². The van der Waals surface area contributed by atoms with Gasteiger partial charge >= 0.3 is 0 Å². The summed E-state index contributed by atoms with van der Waals surface area (Å²) in [6.07, 6.45) is -0.333. The molecule has 0 aromatic heterocycles. The van der Waals surface area contributed by atoms with Crippen LogP contribution in [0.15, 0.2) is 42.5 Å². The lowest BCUT2D eigenvalue weighted by molar-refractivity contribution is 0.0642. The van der Waals surface area contributed by atoms with E-state index in [0.29, 0.717) is 23.8 Å². The van der Waals surface area contributed by atoms with E-state index in [9.17, 15) is 5.11 Å². The quantitative estimate of drug-likeness (QED) is 0.919. The van der Waals surface area contributed by atoms with E-state index in [1.54, 1.807) is 18.2 Å². The summed E-state index contributed by atoms with van der Waals surface area (Å²) < 4.78 is 11.7. The molecule has 21 heavy (non-hydrogen) atoms. The van der Waals surface area contributed by atoms with Crippen molar-refractivity contribution in [3.63, 3.8) is 0 Å². The van der Waals surface area contributed by atoms with Crippen LogP contribution in [0.2, 0.25) is 5.02 Å². The lowest BCUT2D eigenvalue weighted by atomic mass is 9.94. The van der Waals surface area contributed by atoms with E-state index in [1.807, 2.05) is 31.2 Å². The van der Waals surface area contributed by atoms with Crippen LogP contribution in [0.1, 0.15) is 36.7 Å². The largest absolute Gasteiger partial charge is 0.493 e. The van der Waals surface area contributed by atoms with Crippen molar-refractivity contribution in [3.8, 4) is 11.5 Å². The summed E-state index contributed by atoms with van der Waals surface area (Å²) in [4.78, 5) is 0. The summed E-state index contributed by atoms with van der Waals surface area (Å²) in [6, 6.07) is 13.1. The number of hydrogen-bond donors (Lipinski definition) is 1. The van der Waals surface area contributed by atoms with Gasteiger partial charge in [0.2, 0.25) is 0 Å². The first-order chi connectivity index (χ1) is 10.2. The molecule has 0 spiro atoms. The maximum Gasteiger partial charge on any atom is 0.130 e. The van der Waals surface area contributed by atoms with E-state index in [2.05, 4.69) is 0 Å². The van der Waals surface area contributed by atoms with Gasteiger partial charge in [-0.05, 0) is 31.2 Å². The Morgan fingerprint density at radius 3 is 2.86 bits per heavy atom. The van der Waals surface area contributed by atoms with E-state index in [0.717, 1.165) is 16.9 Å². The highest BCUT2D eigenvalue weighted by Gasteiger charge is 2.29. The maximum atomic E-state index is 10.4. The van der Waals surface area contributed by atoms with Crippen LogP contribution in [0.3, 0.4) is 0 Å². The fourth-order valence-corrected chi connectivity index (χ4v) is 2.82. The highest BCUT2D eigenvalue weighted by atomic mass is 35.5. The third-order valence-corrected chi connectivity index (χ3v) is 3.84. The minimum atomic E-state index is -0.591. The molecular formula is C17H17ClO3. The Labute approximate surface area is 129 Å². The van der Waals surface area contributed by atoms with Crippen LogP contribution in [0.25, 0.3) is 0 Å². The summed E-state index contributed by atoms with van der Waals surface area (Å²) in [5.74, 6) is 1.48. The van der Waals surface area contributed by atoms with Crippen LogP contribution in [0, 0.1) is 0 Å². The first-order valence-corrected chi connectivity index (χ1v) is 7.42. The first kappa shape index (κ1) is 14.2. The van der Waals surface area contributed by atoms with Gasteiger partial charge < -0.3 is 14.6 Å². The summed E-state index contributed by atoms with van der Waals surface area (Å²) >= 11 is 5.98. The van der Waals surface area contributed by atoms with Crippen LogP contribution in [0.4, 0.5) is 0 Å². The minimum Gasteiger partial charge on any atom is -0.493 e. The Morgan fingerprint density at radius 2 is 2.05 bits per heavy atom. The molecule has 0 saturated heterocycles. The van der Waals surface area contributed by atoms with Crippen molar-refractivity contribution in [3.05, 3.63) is 58.6 Å². The Balaban J connectivity index is 1.94. The van der Waals surface area contributed by atoms with Crippen molar-refractivity contribution in [1.29, 1.82) is 0 Å². The summed E-state index contributed by atoms with van der Waals surface area (Å²) in [5, 5.41) is 11.0. The van der Waals surface area contributed by atoms with Crippen LogP contribution < -0.4 is 9.47 Å². The lowest BCUT2D eigenvalue weighted by Crippen LogP contribution is -2.19. The molecule has 1 N–H and O–H groups in total. The van der Waals surface area contributed by atoms with Gasteiger partial charge in [-0.2, -0.15) is 0 Å². The minimum absolute atomic E-state index is 0.226. The Hall–Kier alpha value is -1.71. The van der Waals surface area contributed by atoms with Gasteiger partial charge in [0, 0.05) is 22.6 Å². The summed E-state index contributed by atoms with van der Waals surface area (Å²) in [5.41, 5.74) is 1.70. The van der Waals surface area contributed by atoms with Crippen molar-refractivity contribution >= 4 is 11.6 Å². The van der Waals surface area contributed by atoms with Gasteiger partial charge in [0.25, 0.3) is 0 Å². The molecule has 2 atom stereocenters. The zero-order chi connectivity index (χ0) is 14.8. The van der Waals surface area contributed by atoms with Crippen molar-refractivity contribution in [2.24, 2.45) is 0 Å². The van der Waals surface area contributed by atoms with E-state index >= 15 is 0 Å². The second kappa shape index (κ2) is 5.96. The molecule has 1 heterocycles. The van der Waals surface area contributed by atoms with E-state index in [1.165, 1.54) is 0 Å². The zero-order valence-corrected chi connectivity index (χ0v) is 12.5. The average molecular weight is 305 g/mol. The molecule has 4 heteroatoms. The zero-order valence-electron chi connectivity index (χ0n) is 11.8. The molecule has 0 bridgehead atoms. The highest BCUT2D eigenvalue weighted by molar-refractivity contribution is 6.30. The smallest absolute Gasteiger partial charge is 0.130 e. The number of halogens is 1. The maximum absolute atomic E-state index is 10.4. The molecule has 110 valence electrons. The van der Waals surface area contributed by atoms with Crippen molar-refractivity contribution < 1.29 is 14.6 Å². The first-order valence-electron chi connectivity index (χ1n) is 7.05. The second-order valence-electron chi connectivity index (χ2n) is 5.01. The fourth-order valence-electron chi connectivity index (χ4n) is 2.64.